The van der Waals surface area contributed by atoms with E-state index in [2.05, 4.69) is 35.2 Å². The third kappa shape index (κ3) is 6.88. The Balaban J connectivity index is 1.18. The van der Waals surface area contributed by atoms with Gasteiger partial charge in [-0.25, -0.2) is 27.5 Å². The van der Waals surface area contributed by atoms with Gasteiger partial charge in [-0.1, -0.05) is 19.3 Å². The summed E-state index contributed by atoms with van der Waals surface area (Å²) >= 11 is 0. The number of hydrogen-bond acceptors (Lipinski definition) is 8. The molecule has 1 aromatic carbocycles. The van der Waals surface area contributed by atoms with Gasteiger partial charge in [-0.3, -0.25) is 19.9 Å². The highest BCUT2D eigenvalue weighted by atomic mass is 32.2. The van der Waals surface area contributed by atoms with Crippen molar-refractivity contribution in [1.29, 1.82) is 0 Å². The number of carbonyl (C=O) groups is 1. The first-order valence-electron chi connectivity index (χ1n) is 15.4. The number of nitrogens with zero attached hydrogens (tertiary/aromatic N) is 5. The molecule has 240 valence electrons. The lowest BCUT2D eigenvalue weighted by Gasteiger charge is -2.20. The van der Waals surface area contributed by atoms with Crippen LogP contribution in [0.2, 0.25) is 0 Å². The first-order valence-corrected chi connectivity index (χ1v) is 17.3. The number of H-pyrrole nitrogens is 2. The second-order valence-electron chi connectivity index (χ2n) is 12.0. The Kier molecular flexibility index (Phi) is 8.20. The van der Waals surface area contributed by atoms with E-state index in [1.807, 2.05) is 18.2 Å². The van der Waals surface area contributed by atoms with Gasteiger partial charge in [0.05, 0.1) is 40.6 Å². The van der Waals surface area contributed by atoms with Crippen LogP contribution in [-0.2, 0) is 21.4 Å². The topological polar surface area (TPSA) is 171 Å². The molecule has 1 saturated carbocycles. The van der Waals surface area contributed by atoms with Crippen molar-refractivity contribution >= 4 is 43.7 Å². The van der Waals surface area contributed by atoms with Crippen LogP contribution in [0, 0.1) is 11.7 Å². The standard InChI is InChI=1S/C33H32FN9O3S/c1-47(45,46)37-16-20-11-21(14-23(34)12-20)29-30-26(9-10-36-29)40-33(41-30)32-31-27(42-43-32)8-7-25(39-31)22-15-24(18-35-17-22)38-28(44)13-19-5-3-2-4-6-19/h7-12,14-15,17-19,37H,2-6,13,16H2,1H3,(H,38,44)(H,40,41)(H,42,43). The van der Waals surface area contributed by atoms with Crippen LogP contribution in [0.1, 0.15) is 44.1 Å². The van der Waals surface area contributed by atoms with Crippen molar-refractivity contribution in [3.05, 3.63) is 72.4 Å². The number of hydrogen-bond donors (Lipinski definition) is 4. The molecule has 1 amide bonds. The summed E-state index contributed by atoms with van der Waals surface area (Å²) in [6, 6.07) is 11.6. The number of sulfonamides is 1. The van der Waals surface area contributed by atoms with Gasteiger partial charge in [0.2, 0.25) is 15.9 Å². The van der Waals surface area contributed by atoms with Crippen molar-refractivity contribution in [1.82, 2.24) is 39.8 Å². The number of pyridine rings is 3. The zero-order valence-corrected chi connectivity index (χ0v) is 26.4. The van der Waals surface area contributed by atoms with Gasteiger partial charge >= 0.3 is 0 Å². The van der Waals surface area contributed by atoms with Gasteiger partial charge in [-0.15, -0.1) is 0 Å². The van der Waals surface area contributed by atoms with Crippen LogP contribution in [0.15, 0.2) is 61.1 Å². The molecule has 0 atom stereocenters. The van der Waals surface area contributed by atoms with E-state index in [0.717, 1.165) is 24.7 Å². The minimum Gasteiger partial charge on any atom is -0.336 e. The lowest BCUT2D eigenvalue weighted by molar-refractivity contribution is -0.117. The normalized spacial score (nSPS) is 14.2. The number of aromatic amines is 2. The van der Waals surface area contributed by atoms with E-state index in [4.69, 9.17) is 9.97 Å². The van der Waals surface area contributed by atoms with Gasteiger partial charge < -0.3 is 10.3 Å². The minimum absolute atomic E-state index is 0.00448. The van der Waals surface area contributed by atoms with Crippen LogP contribution in [0.4, 0.5) is 10.1 Å². The van der Waals surface area contributed by atoms with Crippen LogP contribution < -0.4 is 10.0 Å². The summed E-state index contributed by atoms with van der Waals surface area (Å²) < 4.78 is 40.2. The Bertz CT molecular complexity index is 2230. The fourth-order valence-corrected chi connectivity index (χ4v) is 6.53. The molecule has 1 fully saturated rings. The Morgan fingerprint density at radius 1 is 0.957 bits per heavy atom. The molecule has 0 radical (unpaired) electrons. The van der Waals surface area contributed by atoms with Crippen molar-refractivity contribution in [2.45, 2.75) is 45.1 Å². The maximum atomic E-state index is 14.6. The van der Waals surface area contributed by atoms with Crippen molar-refractivity contribution in [2.75, 3.05) is 11.6 Å². The maximum Gasteiger partial charge on any atom is 0.224 e. The SMILES string of the molecule is CS(=O)(=O)NCc1cc(F)cc(-c2nccc3[nH]c(-c4n[nH]c5ccc(-c6cncc(NC(=O)CC7CCCCC7)c6)nc45)nc23)c1. The average molecular weight is 654 g/mol. The molecule has 0 aliphatic heterocycles. The number of aromatic nitrogens is 7. The maximum absolute atomic E-state index is 14.6. The smallest absolute Gasteiger partial charge is 0.224 e. The number of amides is 1. The van der Waals surface area contributed by atoms with E-state index in [1.165, 1.54) is 31.4 Å². The minimum atomic E-state index is -3.46. The van der Waals surface area contributed by atoms with Crippen molar-refractivity contribution in [3.63, 3.8) is 0 Å². The van der Waals surface area contributed by atoms with E-state index < -0.39 is 15.8 Å². The third-order valence-corrected chi connectivity index (χ3v) is 8.99. The van der Waals surface area contributed by atoms with E-state index in [0.29, 0.717) is 74.1 Å². The zero-order valence-electron chi connectivity index (χ0n) is 25.5. The van der Waals surface area contributed by atoms with Gasteiger partial charge in [-0.05, 0) is 66.8 Å². The molecule has 4 N–H and O–H groups in total. The molecule has 6 aromatic rings. The van der Waals surface area contributed by atoms with E-state index in [9.17, 15) is 17.6 Å². The second kappa shape index (κ2) is 12.6. The zero-order chi connectivity index (χ0) is 32.5. The average Bonchev–Trinajstić information content (AvgIpc) is 3.68. The van der Waals surface area contributed by atoms with E-state index >= 15 is 0 Å². The molecule has 0 saturated heterocycles. The Morgan fingerprint density at radius 2 is 1.79 bits per heavy atom. The van der Waals surface area contributed by atoms with Crippen LogP contribution in [0.5, 0.6) is 0 Å². The number of halogens is 1. The Morgan fingerprint density at radius 3 is 2.62 bits per heavy atom. The monoisotopic (exact) mass is 653 g/mol. The predicted molar refractivity (Wildman–Crippen MR) is 177 cm³/mol. The summed E-state index contributed by atoms with van der Waals surface area (Å²) in [6.45, 7) is -0.0656. The molecular formula is C33H32FN9O3S. The predicted octanol–water partition coefficient (Wildman–Crippen LogP) is 5.72. The van der Waals surface area contributed by atoms with Crippen LogP contribution in [0.25, 0.3) is 56.1 Å². The number of benzene rings is 1. The van der Waals surface area contributed by atoms with Gasteiger partial charge in [0.15, 0.2) is 11.5 Å². The summed E-state index contributed by atoms with van der Waals surface area (Å²) in [5.41, 5.74) is 6.19. The molecule has 12 nitrogen and oxygen atoms in total. The fourth-order valence-electron chi connectivity index (χ4n) is 6.10. The number of fused-ring (bicyclic) bond motifs is 2. The number of rotatable bonds is 9. The molecule has 0 bridgehead atoms. The van der Waals surface area contributed by atoms with Crippen LogP contribution >= 0.6 is 0 Å². The molecule has 1 aliphatic carbocycles. The Labute approximate surface area is 269 Å². The van der Waals surface area contributed by atoms with Crippen molar-refractivity contribution < 1.29 is 17.6 Å². The molecule has 14 heteroatoms. The summed E-state index contributed by atoms with van der Waals surface area (Å²) in [5.74, 6) is 0.335. The molecule has 47 heavy (non-hydrogen) atoms. The van der Waals surface area contributed by atoms with Gasteiger partial charge in [0, 0.05) is 36.5 Å². The van der Waals surface area contributed by atoms with Gasteiger partial charge in [0.1, 0.15) is 16.9 Å². The number of anilines is 1. The van der Waals surface area contributed by atoms with Crippen molar-refractivity contribution in [2.24, 2.45) is 5.92 Å². The van der Waals surface area contributed by atoms with Crippen molar-refractivity contribution in [3.8, 4) is 34.0 Å². The highest BCUT2D eigenvalue weighted by Crippen LogP contribution is 2.32. The fraction of sp³-hybridized carbons (Fsp3) is 0.273. The molecular weight excluding hydrogens is 621 g/mol. The summed E-state index contributed by atoms with van der Waals surface area (Å²) in [7, 11) is -3.46. The molecule has 5 heterocycles. The highest BCUT2D eigenvalue weighted by Gasteiger charge is 2.20. The van der Waals surface area contributed by atoms with Gasteiger partial charge in [0.25, 0.3) is 0 Å². The summed E-state index contributed by atoms with van der Waals surface area (Å²) in [5, 5.41) is 10.5. The molecule has 0 unspecified atom stereocenters. The largest absolute Gasteiger partial charge is 0.336 e. The highest BCUT2D eigenvalue weighted by molar-refractivity contribution is 7.88. The molecule has 1 aliphatic rings. The summed E-state index contributed by atoms with van der Waals surface area (Å²) in [4.78, 5) is 34.5. The lowest BCUT2D eigenvalue weighted by atomic mass is 9.87. The van der Waals surface area contributed by atoms with E-state index in [1.54, 1.807) is 30.7 Å². The third-order valence-electron chi connectivity index (χ3n) is 8.32. The molecule has 5 aromatic heterocycles. The number of imidazole rings is 1. The number of carbonyl (C=O) groups excluding carboxylic acids is 1. The summed E-state index contributed by atoms with van der Waals surface area (Å²) in [6.07, 6.45) is 12.3. The van der Waals surface area contributed by atoms with Crippen LogP contribution in [-0.4, -0.2) is 55.7 Å². The first-order chi connectivity index (χ1) is 22.7. The van der Waals surface area contributed by atoms with Gasteiger partial charge in [-0.2, -0.15) is 5.10 Å². The van der Waals surface area contributed by atoms with E-state index in [-0.39, 0.29) is 12.5 Å². The first kappa shape index (κ1) is 30.6. The molecule has 0 spiro atoms. The quantitative estimate of drug-likeness (QED) is 0.153. The second-order valence-corrected chi connectivity index (χ2v) is 13.8. The van der Waals surface area contributed by atoms with Crippen LogP contribution in [0.3, 0.4) is 0 Å². The Hall–Kier alpha value is -5.08. The number of nitrogens with one attached hydrogen (secondary N) is 4. The molecule has 7 rings (SSSR count). The lowest BCUT2D eigenvalue weighted by Crippen LogP contribution is -2.21.